The first kappa shape index (κ1) is 16.5. The predicted molar refractivity (Wildman–Crippen MR) is 77.4 cm³/mol. The minimum atomic E-state index is -3.56. The van der Waals surface area contributed by atoms with Crippen LogP contribution in [0.1, 0.15) is 19.4 Å². The van der Waals surface area contributed by atoms with Crippen molar-refractivity contribution >= 4 is 13.7 Å². The molecule has 0 aliphatic heterocycles. The van der Waals surface area contributed by atoms with E-state index in [1.54, 1.807) is 45.2 Å². The minimum Gasteiger partial charge on any atom is -0.497 e. The Morgan fingerprint density at radius 3 is 2.50 bits per heavy atom. The summed E-state index contributed by atoms with van der Waals surface area (Å²) >= 11 is 0. The van der Waals surface area contributed by atoms with Crippen LogP contribution in [0.15, 0.2) is 29.6 Å². The van der Waals surface area contributed by atoms with Crippen LogP contribution in [0.4, 0.5) is 0 Å². The second-order valence-corrected chi connectivity index (χ2v) is 5.74. The van der Waals surface area contributed by atoms with Crippen molar-refractivity contribution in [3.05, 3.63) is 35.1 Å². The van der Waals surface area contributed by atoms with Gasteiger partial charge in [-0.05, 0) is 37.6 Å². The van der Waals surface area contributed by atoms with E-state index in [0.717, 1.165) is 0 Å². The summed E-state index contributed by atoms with van der Waals surface area (Å²) in [6, 6.07) is 8.99. The van der Waals surface area contributed by atoms with Gasteiger partial charge in [0.1, 0.15) is 17.1 Å². The van der Waals surface area contributed by atoms with E-state index >= 15 is 0 Å². The summed E-state index contributed by atoms with van der Waals surface area (Å²) in [5.41, 5.74) is 0.695. The Labute approximate surface area is 119 Å². The maximum atomic E-state index is 12.5. The molecule has 0 aliphatic rings. The maximum Gasteiger partial charge on any atom is 0.371 e. The molecule has 6 heteroatoms. The third-order valence-electron chi connectivity index (χ3n) is 2.40. The molecular weight excluding hydrogens is 277 g/mol. The van der Waals surface area contributed by atoms with E-state index in [0.29, 0.717) is 11.3 Å². The van der Waals surface area contributed by atoms with E-state index in [2.05, 4.69) is 0 Å². The van der Waals surface area contributed by atoms with Gasteiger partial charge < -0.3 is 13.8 Å². The van der Waals surface area contributed by atoms with Crippen molar-refractivity contribution in [3.8, 4) is 11.8 Å². The zero-order valence-electron chi connectivity index (χ0n) is 11.8. The van der Waals surface area contributed by atoms with Gasteiger partial charge in [0.2, 0.25) is 0 Å². The van der Waals surface area contributed by atoms with Gasteiger partial charge in [-0.1, -0.05) is 12.1 Å². The van der Waals surface area contributed by atoms with Gasteiger partial charge in [-0.2, -0.15) is 5.26 Å². The largest absolute Gasteiger partial charge is 0.497 e. The molecule has 0 unspecified atom stereocenters. The van der Waals surface area contributed by atoms with Crippen molar-refractivity contribution in [2.45, 2.75) is 13.8 Å². The number of rotatable bonds is 7. The molecule has 0 aromatic heterocycles. The van der Waals surface area contributed by atoms with Gasteiger partial charge in [-0.3, -0.25) is 4.57 Å². The normalized spacial score (nSPS) is 12.0. The fourth-order valence-corrected chi connectivity index (χ4v) is 3.04. The van der Waals surface area contributed by atoms with Gasteiger partial charge in [0.05, 0.1) is 20.3 Å². The average molecular weight is 295 g/mol. The molecule has 0 saturated heterocycles. The molecule has 0 N–H and O–H groups in total. The highest BCUT2D eigenvalue weighted by Gasteiger charge is 2.29. The summed E-state index contributed by atoms with van der Waals surface area (Å²) in [7, 11) is -2.00. The lowest BCUT2D eigenvalue weighted by Crippen LogP contribution is -1.97. The van der Waals surface area contributed by atoms with Crippen LogP contribution >= 0.6 is 7.60 Å². The number of nitriles is 1. The van der Waals surface area contributed by atoms with E-state index in [4.69, 9.17) is 13.8 Å². The summed E-state index contributed by atoms with van der Waals surface area (Å²) in [4.78, 5) is 0. The quantitative estimate of drug-likeness (QED) is 0.565. The molecular formula is C14H18NO4P. The Morgan fingerprint density at radius 2 is 2.00 bits per heavy atom. The molecule has 0 aliphatic carbocycles. The Hall–Kier alpha value is -1.60. The second-order valence-electron chi connectivity index (χ2n) is 3.75. The second kappa shape index (κ2) is 7.86. The molecule has 0 spiro atoms. The molecule has 0 radical (unpaired) electrons. The van der Waals surface area contributed by atoms with Gasteiger partial charge in [0.25, 0.3) is 0 Å². The van der Waals surface area contributed by atoms with Crippen molar-refractivity contribution < 1.29 is 18.3 Å². The number of benzene rings is 1. The van der Waals surface area contributed by atoms with E-state index in [1.807, 2.05) is 6.07 Å². The maximum absolute atomic E-state index is 12.5. The number of ether oxygens (including phenoxy) is 1. The molecule has 0 bridgehead atoms. The van der Waals surface area contributed by atoms with Crippen LogP contribution in [-0.4, -0.2) is 20.3 Å². The zero-order chi connectivity index (χ0) is 15.0. The monoisotopic (exact) mass is 295 g/mol. The molecule has 0 amide bonds. The zero-order valence-corrected chi connectivity index (χ0v) is 12.7. The molecule has 108 valence electrons. The van der Waals surface area contributed by atoms with E-state index in [9.17, 15) is 9.83 Å². The van der Waals surface area contributed by atoms with Crippen molar-refractivity contribution in [1.82, 2.24) is 0 Å². The van der Waals surface area contributed by atoms with Crippen LogP contribution in [0, 0.1) is 11.3 Å². The number of hydrogen-bond donors (Lipinski definition) is 0. The average Bonchev–Trinajstić information content (AvgIpc) is 2.45. The topological polar surface area (TPSA) is 68.5 Å². The molecule has 0 atom stereocenters. The number of nitrogens with zero attached hydrogens (tertiary/aromatic N) is 1. The summed E-state index contributed by atoms with van der Waals surface area (Å²) < 4.78 is 28.0. The highest BCUT2D eigenvalue weighted by atomic mass is 31.2. The standard InChI is InChI=1S/C14H18NO4P/c1-4-18-20(16,19-5-2)14(11-15)10-12-7-6-8-13(9-12)17-3/h6-10H,4-5H2,1-3H3/b14-10+. The van der Waals surface area contributed by atoms with Crippen molar-refractivity contribution in [2.75, 3.05) is 20.3 Å². The van der Waals surface area contributed by atoms with Gasteiger partial charge >= 0.3 is 7.60 Å². The van der Waals surface area contributed by atoms with Gasteiger partial charge in [-0.25, -0.2) is 0 Å². The van der Waals surface area contributed by atoms with Gasteiger partial charge in [0, 0.05) is 0 Å². The highest BCUT2D eigenvalue weighted by molar-refractivity contribution is 7.59. The van der Waals surface area contributed by atoms with E-state index in [1.165, 1.54) is 6.08 Å². The smallest absolute Gasteiger partial charge is 0.371 e. The lowest BCUT2D eigenvalue weighted by atomic mass is 10.2. The first-order valence-corrected chi connectivity index (χ1v) is 7.79. The van der Waals surface area contributed by atoms with Crippen molar-refractivity contribution in [2.24, 2.45) is 0 Å². The first-order valence-electron chi connectivity index (χ1n) is 6.25. The number of methoxy groups -OCH3 is 1. The number of allylic oxidation sites excluding steroid dienone is 1. The summed E-state index contributed by atoms with van der Waals surface area (Å²) in [5, 5.41) is 9.20. The Kier molecular flexibility index (Phi) is 6.47. The Morgan fingerprint density at radius 1 is 1.35 bits per heavy atom. The third-order valence-corrected chi connectivity index (χ3v) is 4.42. The van der Waals surface area contributed by atoms with Crippen LogP contribution in [-0.2, 0) is 13.6 Å². The lowest BCUT2D eigenvalue weighted by Gasteiger charge is -2.15. The molecule has 20 heavy (non-hydrogen) atoms. The van der Waals surface area contributed by atoms with Crippen molar-refractivity contribution in [1.29, 1.82) is 5.26 Å². The Balaban J connectivity index is 3.18. The van der Waals surface area contributed by atoms with E-state index < -0.39 is 7.60 Å². The fraction of sp³-hybridized carbons (Fsp3) is 0.357. The molecule has 0 saturated carbocycles. The lowest BCUT2D eigenvalue weighted by molar-refractivity contribution is 0.227. The highest BCUT2D eigenvalue weighted by Crippen LogP contribution is 2.56. The van der Waals surface area contributed by atoms with Crippen LogP contribution < -0.4 is 4.74 Å². The molecule has 1 aromatic carbocycles. The molecule has 0 fully saturated rings. The van der Waals surface area contributed by atoms with Crippen LogP contribution in [0.5, 0.6) is 5.75 Å². The first-order chi connectivity index (χ1) is 9.59. The van der Waals surface area contributed by atoms with Crippen LogP contribution in [0.2, 0.25) is 0 Å². The fourth-order valence-electron chi connectivity index (χ4n) is 1.58. The molecule has 1 aromatic rings. The summed E-state index contributed by atoms with van der Waals surface area (Å²) in [5.74, 6) is 0.652. The van der Waals surface area contributed by atoms with Crippen LogP contribution in [0.25, 0.3) is 6.08 Å². The molecule has 5 nitrogen and oxygen atoms in total. The van der Waals surface area contributed by atoms with Gasteiger partial charge in [0.15, 0.2) is 0 Å². The van der Waals surface area contributed by atoms with E-state index in [-0.39, 0.29) is 18.5 Å². The minimum absolute atomic E-state index is 0.0190. The van der Waals surface area contributed by atoms with Crippen LogP contribution in [0.3, 0.4) is 0 Å². The molecule has 1 rings (SSSR count). The number of hydrogen-bond acceptors (Lipinski definition) is 5. The SMILES string of the molecule is CCOP(=O)(OCC)/C(C#N)=C/c1cccc(OC)c1. The third kappa shape index (κ3) is 4.21. The predicted octanol–water partition coefficient (Wildman–Crippen LogP) is 3.83. The molecule has 0 heterocycles. The summed E-state index contributed by atoms with van der Waals surface area (Å²) in [6.45, 7) is 3.81. The van der Waals surface area contributed by atoms with Gasteiger partial charge in [-0.15, -0.1) is 0 Å². The van der Waals surface area contributed by atoms with Crippen molar-refractivity contribution in [3.63, 3.8) is 0 Å². The Bertz CT molecular complexity index is 553. The summed E-state index contributed by atoms with van der Waals surface area (Å²) in [6.07, 6.45) is 1.49.